The minimum Gasteiger partial charge on any atom is -0.493 e. The number of aryl methyl sites for hydroxylation is 1. The standard InChI is InChI=1S/C9H10O.HI/c1-2-6-9-8(4-1)5-3-7-10-9;/h1-2,4,6H,3,5,7H2;1H. The van der Waals surface area contributed by atoms with Gasteiger partial charge in [0.1, 0.15) is 5.75 Å². The number of fused-ring (bicyclic) bond motifs is 1. The molecular weight excluding hydrogens is 251 g/mol. The molecule has 0 spiro atoms. The molecule has 1 aliphatic rings. The van der Waals surface area contributed by atoms with Crippen LogP contribution in [0.15, 0.2) is 24.3 Å². The Kier molecular flexibility index (Phi) is 3.17. The van der Waals surface area contributed by atoms with Gasteiger partial charge in [0.2, 0.25) is 0 Å². The summed E-state index contributed by atoms with van der Waals surface area (Å²) >= 11 is 0. The summed E-state index contributed by atoms with van der Waals surface area (Å²) in [7, 11) is 0. The first-order valence-corrected chi connectivity index (χ1v) is 3.67. The van der Waals surface area contributed by atoms with Crippen molar-refractivity contribution in [1.82, 2.24) is 0 Å². The van der Waals surface area contributed by atoms with E-state index in [2.05, 4.69) is 12.1 Å². The van der Waals surface area contributed by atoms with Crippen LogP contribution in [0.3, 0.4) is 0 Å². The van der Waals surface area contributed by atoms with Crippen molar-refractivity contribution < 1.29 is 4.74 Å². The molecule has 0 unspecified atom stereocenters. The number of rotatable bonds is 0. The molecule has 0 amide bonds. The molecule has 0 aliphatic carbocycles. The zero-order chi connectivity index (χ0) is 6.81. The van der Waals surface area contributed by atoms with Gasteiger partial charge in [0.05, 0.1) is 6.61 Å². The summed E-state index contributed by atoms with van der Waals surface area (Å²) in [5.74, 6) is 1.08. The van der Waals surface area contributed by atoms with E-state index in [0.29, 0.717) is 0 Å². The largest absolute Gasteiger partial charge is 0.493 e. The number of halogens is 1. The second-order valence-electron chi connectivity index (χ2n) is 2.56. The molecule has 11 heavy (non-hydrogen) atoms. The molecule has 1 nitrogen and oxygen atoms in total. The fourth-order valence-corrected chi connectivity index (χ4v) is 1.30. The van der Waals surface area contributed by atoms with E-state index in [0.717, 1.165) is 18.8 Å². The van der Waals surface area contributed by atoms with Crippen molar-refractivity contribution in [2.75, 3.05) is 6.61 Å². The van der Waals surface area contributed by atoms with E-state index >= 15 is 0 Å². The Morgan fingerprint density at radius 3 is 2.82 bits per heavy atom. The first-order valence-electron chi connectivity index (χ1n) is 3.67. The lowest BCUT2D eigenvalue weighted by molar-refractivity contribution is 0.288. The third-order valence-corrected chi connectivity index (χ3v) is 1.82. The molecule has 1 aromatic carbocycles. The Balaban J connectivity index is 0.000000605. The summed E-state index contributed by atoms with van der Waals surface area (Å²) in [6, 6.07) is 8.25. The van der Waals surface area contributed by atoms with Crippen molar-refractivity contribution in [3.05, 3.63) is 29.8 Å². The monoisotopic (exact) mass is 262 g/mol. The fourth-order valence-electron chi connectivity index (χ4n) is 1.30. The maximum atomic E-state index is 5.42. The van der Waals surface area contributed by atoms with E-state index in [-0.39, 0.29) is 24.0 Å². The zero-order valence-corrected chi connectivity index (χ0v) is 8.58. The van der Waals surface area contributed by atoms with Crippen molar-refractivity contribution in [3.8, 4) is 5.75 Å². The van der Waals surface area contributed by atoms with Gasteiger partial charge in [-0.1, -0.05) is 18.2 Å². The van der Waals surface area contributed by atoms with Crippen LogP contribution in [0, 0.1) is 0 Å². The Bertz CT molecular complexity index is 210. The van der Waals surface area contributed by atoms with Crippen LogP contribution < -0.4 is 4.74 Å². The molecule has 0 bridgehead atoms. The summed E-state index contributed by atoms with van der Waals surface area (Å²) in [6.45, 7) is 0.886. The molecule has 0 saturated heterocycles. The molecule has 0 saturated carbocycles. The summed E-state index contributed by atoms with van der Waals surface area (Å²) in [4.78, 5) is 0. The second-order valence-corrected chi connectivity index (χ2v) is 2.56. The summed E-state index contributed by atoms with van der Waals surface area (Å²) < 4.78 is 5.42. The Morgan fingerprint density at radius 1 is 1.18 bits per heavy atom. The molecule has 0 fully saturated rings. The highest BCUT2D eigenvalue weighted by Gasteiger charge is 2.06. The number of hydrogen-bond donors (Lipinski definition) is 0. The van der Waals surface area contributed by atoms with Crippen LogP contribution in [0.25, 0.3) is 0 Å². The third kappa shape index (κ3) is 1.86. The normalized spacial score (nSPS) is 14.2. The summed E-state index contributed by atoms with van der Waals surface area (Å²) in [6.07, 6.45) is 2.34. The van der Waals surface area contributed by atoms with E-state index in [1.165, 1.54) is 12.0 Å². The molecule has 60 valence electrons. The molecular formula is C9H11IO. The SMILES string of the molecule is I.c1ccc2c(c1)CCCO2. The van der Waals surface area contributed by atoms with Crippen LogP contribution >= 0.6 is 24.0 Å². The van der Waals surface area contributed by atoms with Crippen molar-refractivity contribution in [2.24, 2.45) is 0 Å². The average molecular weight is 262 g/mol. The van der Waals surface area contributed by atoms with Crippen LogP contribution in [0.2, 0.25) is 0 Å². The first-order chi connectivity index (χ1) is 4.97. The summed E-state index contributed by atoms with van der Waals surface area (Å²) in [5, 5.41) is 0. The molecule has 1 heterocycles. The van der Waals surface area contributed by atoms with Crippen molar-refractivity contribution in [1.29, 1.82) is 0 Å². The highest BCUT2D eigenvalue weighted by atomic mass is 127. The lowest BCUT2D eigenvalue weighted by Gasteiger charge is -2.15. The van der Waals surface area contributed by atoms with Crippen LogP contribution in [0.5, 0.6) is 5.75 Å². The van der Waals surface area contributed by atoms with Gasteiger partial charge < -0.3 is 4.74 Å². The molecule has 0 atom stereocenters. The average Bonchev–Trinajstić information content (AvgIpc) is 2.05. The maximum absolute atomic E-state index is 5.42. The predicted octanol–water partition coefficient (Wildman–Crippen LogP) is 2.63. The van der Waals surface area contributed by atoms with E-state index in [1.807, 2.05) is 12.1 Å². The van der Waals surface area contributed by atoms with E-state index in [1.54, 1.807) is 0 Å². The van der Waals surface area contributed by atoms with Gasteiger partial charge in [-0.15, -0.1) is 24.0 Å². The third-order valence-electron chi connectivity index (χ3n) is 1.82. The van der Waals surface area contributed by atoms with Gasteiger partial charge in [-0.25, -0.2) is 0 Å². The molecule has 0 N–H and O–H groups in total. The van der Waals surface area contributed by atoms with Gasteiger partial charge in [-0.3, -0.25) is 0 Å². The van der Waals surface area contributed by atoms with E-state index < -0.39 is 0 Å². The van der Waals surface area contributed by atoms with E-state index in [9.17, 15) is 0 Å². The highest BCUT2D eigenvalue weighted by Crippen LogP contribution is 2.22. The zero-order valence-electron chi connectivity index (χ0n) is 6.25. The lowest BCUT2D eigenvalue weighted by Crippen LogP contribution is -2.07. The van der Waals surface area contributed by atoms with Gasteiger partial charge in [0.15, 0.2) is 0 Å². The van der Waals surface area contributed by atoms with Crippen molar-refractivity contribution in [2.45, 2.75) is 12.8 Å². The second kappa shape index (κ2) is 3.95. The maximum Gasteiger partial charge on any atom is 0.122 e. The van der Waals surface area contributed by atoms with Gasteiger partial charge in [-0.05, 0) is 24.5 Å². The quantitative estimate of drug-likeness (QED) is 0.653. The lowest BCUT2D eigenvalue weighted by atomic mass is 10.1. The molecule has 0 aromatic heterocycles. The van der Waals surface area contributed by atoms with Gasteiger partial charge in [0, 0.05) is 0 Å². The molecule has 1 aliphatic heterocycles. The minimum absolute atomic E-state index is 0. The number of ether oxygens (including phenoxy) is 1. The van der Waals surface area contributed by atoms with Crippen LogP contribution in [0.4, 0.5) is 0 Å². The van der Waals surface area contributed by atoms with Gasteiger partial charge in [0.25, 0.3) is 0 Å². The number of para-hydroxylation sites is 1. The van der Waals surface area contributed by atoms with Crippen LogP contribution in [-0.4, -0.2) is 6.61 Å². The molecule has 2 heteroatoms. The number of benzene rings is 1. The predicted molar refractivity (Wildman–Crippen MR) is 55.7 cm³/mol. The minimum atomic E-state index is 0. The summed E-state index contributed by atoms with van der Waals surface area (Å²) in [5.41, 5.74) is 1.36. The molecule has 2 rings (SSSR count). The Morgan fingerprint density at radius 2 is 2.00 bits per heavy atom. The molecule has 1 aromatic rings. The van der Waals surface area contributed by atoms with Crippen molar-refractivity contribution in [3.63, 3.8) is 0 Å². The van der Waals surface area contributed by atoms with Crippen LogP contribution in [-0.2, 0) is 6.42 Å². The smallest absolute Gasteiger partial charge is 0.122 e. The van der Waals surface area contributed by atoms with Crippen molar-refractivity contribution >= 4 is 24.0 Å². The Labute approximate surface area is 83.8 Å². The first kappa shape index (κ1) is 8.84. The van der Waals surface area contributed by atoms with Gasteiger partial charge >= 0.3 is 0 Å². The number of hydrogen-bond acceptors (Lipinski definition) is 1. The topological polar surface area (TPSA) is 9.23 Å². The highest BCUT2D eigenvalue weighted by molar-refractivity contribution is 14.0. The van der Waals surface area contributed by atoms with Crippen LogP contribution in [0.1, 0.15) is 12.0 Å². The van der Waals surface area contributed by atoms with E-state index in [4.69, 9.17) is 4.74 Å². The van der Waals surface area contributed by atoms with Gasteiger partial charge in [-0.2, -0.15) is 0 Å². The Hall–Kier alpha value is -0.250. The fraction of sp³-hybridized carbons (Fsp3) is 0.333. The molecule has 0 radical (unpaired) electrons.